The first kappa shape index (κ1) is 73.5. The fourth-order valence-electron chi connectivity index (χ4n) is 7.64. The molecule has 0 unspecified atom stereocenters. The summed E-state index contributed by atoms with van der Waals surface area (Å²) in [4.78, 5) is 21.8. The molecule has 0 aliphatic rings. The van der Waals surface area contributed by atoms with Crippen LogP contribution in [0, 0.1) is 38.1 Å². The average Bonchev–Trinajstić information content (AvgIpc) is 3.65. The van der Waals surface area contributed by atoms with Crippen LogP contribution in [0.25, 0.3) is 78.5 Å². The summed E-state index contributed by atoms with van der Waals surface area (Å²) in [6.07, 6.45) is 9.27. The summed E-state index contributed by atoms with van der Waals surface area (Å²) >= 11 is 0. The normalized spacial score (nSPS) is 9.84. The van der Waals surface area contributed by atoms with Gasteiger partial charge in [0.2, 0.25) is 0 Å². The van der Waals surface area contributed by atoms with Gasteiger partial charge in [0.15, 0.2) is 0 Å². The van der Waals surface area contributed by atoms with Gasteiger partial charge < -0.3 is 30.1 Å². The molecule has 454 valence electrons. The number of hydrogen-bond acceptors (Lipinski definition) is 9. The predicted octanol–water partition coefficient (Wildman–Crippen LogP) is 16.5. The van der Waals surface area contributed by atoms with Crippen molar-refractivity contribution in [3.63, 3.8) is 0 Å². The molecule has 16 heteroatoms. The smallest absolute Gasteiger partial charge is 0.400 e. The van der Waals surface area contributed by atoms with E-state index in [1.165, 1.54) is 33.4 Å². The van der Waals surface area contributed by atoms with Crippen LogP contribution in [0.3, 0.4) is 0 Å². The maximum Gasteiger partial charge on any atom is 0.522 e. The molecular formula is C72H62F3Ir2N5O5S-4. The van der Waals surface area contributed by atoms with Crippen molar-refractivity contribution in [3.05, 3.63) is 321 Å². The Kier molecular flexibility index (Phi) is 33.9. The second-order valence-electron chi connectivity index (χ2n) is 17.5. The number of aliphatic hydroxyl groups excluding tert-OH is 2. The molecule has 0 aliphatic heterocycles. The zero-order valence-electron chi connectivity index (χ0n) is 48.2. The molecule has 12 aromatic rings. The second-order valence-corrected chi connectivity index (χ2v) is 19.0. The van der Waals surface area contributed by atoms with Crippen molar-refractivity contribution in [3.8, 4) is 78.5 Å². The summed E-state index contributed by atoms with van der Waals surface area (Å²) in [6.45, 7) is 4.26. The van der Waals surface area contributed by atoms with Crippen LogP contribution in [-0.2, 0) is 50.3 Å². The van der Waals surface area contributed by atoms with E-state index in [1.54, 1.807) is 18.6 Å². The van der Waals surface area contributed by atoms with E-state index in [0.29, 0.717) is 0 Å². The molecule has 7 aromatic carbocycles. The Morgan fingerprint density at radius 3 is 0.875 bits per heavy atom. The molecule has 0 amide bonds. The van der Waals surface area contributed by atoms with Crippen LogP contribution in [-0.4, -0.2) is 67.8 Å². The topological polar surface area (TPSA) is 159 Å². The van der Waals surface area contributed by atoms with Crippen molar-refractivity contribution in [2.24, 2.45) is 0 Å². The van der Waals surface area contributed by atoms with Gasteiger partial charge in [-0.1, -0.05) is 133 Å². The predicted molar refractivity (Wildman–Crippen MR) is 338 cm³/mol. The van der Waals surface area contributed by atoms with Gasteiger partial charge in [-0.05, 0) is 83.1 Å². The maximum absolute atomic E-state index is 10.7. The zero-order valence-corrected chi connectivity index (χ0v) is 53.8. The average molecular weight is 1550 g/mol. The summed E-state index contributed by atoms with van der Waals surface area (Å²) in [5, 5.41) is 14.0. The van der Waals surface area contributed by atoms with Gasteiger partial charge in [0.1, 0.15) is 0 Å². The number of nitrogens with zero attached hydrogens (tertiary/aromatic N) is 5. The van der Waals surface area contributed by atoms with Crippen molar-refractivity contribution in [1.29, 1.82) is 0 Å². The van der Waals surface area contributed by atoms with Gasteiger partial charge in [-0.3, -0.25) is 9.54 Å². The van der Waals surface area contributed by atoms with E-state index in [2.05, 4.69) is 124 Å². The number of alkyl halides is 3. The van der Waals surface area contributed by atoms with Gasteiger partial charge in [0, 0.05) is 102 Å². The van der Waals surface area contributed by atoms with Crippen LogP contribution in [0.4, 0.5) is 13.2 Å². The third-order valence-corrected chi connectivity index (χ3v) is 12.3. The standard InChI is InChI=1S/C18H15N.C18H14N.3C11H8N.CHF3O3S.2CH4O.2Ir/c2*1-14-12-18(16-10-6-3-7-11-16)19-13-17(14)15-8-4-2-5-9-15;3*1-2-6-10(7-3-1)11-8-4-5-9-12-11;2-1(3,4)8(5,6)7;2*1-2;;/h2-13H,1H3;2-10,12-13H,1H3;3*1-6,8-9H;(H,5,6,7);2*2H,1H3;;/q;4*-1;;;;;. The van der Waals surface area contributed by atoms with Crippen molar-refractivity contribution in [2.45, 2.75) is 19.4 Å². The molecule has 10 nitrogen and oxygen atoms in total. The van der Waals surface area contributed by atoms with Gasteiger partial charge in [0.25, 0.3) is 0 Å². The number of aromatic nitrogens is 5. The van der Waals surface area contributed by atoms with Crippen molar-refractivity contribution in [1.82, 2.24) is 24.9 Å². The first-order valence-corrected chi connectivity index (χ1v) is 27.9. The molecule has 2 radical (unpaired) electrons. The van der Waals surface area contributed by atoms with Crippen molar-refractivity contribution in [2.75, 3.05) is 14.2 Å². The third kappa shape index (κ3) is 24.9. The Bertz CT molecular complexity index is 3460. The van der Waals surface area contributed by atoms with Crippen LogP contribution >= 0.6 is 0 Å². The molecule has 0 saturated carbocycles. The molecule has 88 heavy (non-hydrogen) atoms. The SMILES string of the molecule is CO.CO.Cc1cc(-c2[c-]cccc2)ncc1-c1ccccc1.Cc1cc(-c2ccccc2)ncc1-c1ccccc1.O=S(=O)(O)C(F)(F)F.[Ir].[Ir].[c-]1ccccc1-c1ccccn1.[c-]1ccccc1-c1ccccn1.[c-]1ccccc1-c1ccccn1. The van der Waals surface area contributed by atoms with E-state index >= 15 is 0 Å². The minimum absolute atomic E-state index is 0. The largest absolute Gasteiger partial charge is 0.522 e. The van der Waals surface area contributed by atoms with Gasteiger partial charge in [-0.2, -0.15) is 21.6 Å². The molecular weight excluding hydrogens is 1490 g/mol. The Morgan fingerprint density at radius 2 is 0.614 bits per heavy atom. The quantitative estimate of drug-likeness (QED) is 0.0796. The number of aryl methyl sites for hydroxylation is 2. The van der Waals surface area contributed by atoms with Crippen LogP contribution in [0.2, 0.25) is 0 Å². The Morgan fingerprint density at radius 1 is 0.352 bits per heavy atom. The van der Waals surface area contributed by atoms with Crippen molar-refractivity contribution >= 4 is 10.1 Å². The van der Waals surface area contributed by atoms with Gasteiger partial charge in [-0.25, -0.2) is 0 Å². The van der Waals surface area contributed by atoms with E-state index in [-0.39, 0.29) is 40.2 Å². The van der Waals surface area contributed by atoms with Crippen LogP contribution < -0.4 is 0 Å². The number of halogens is 3. The molecule has 5 heterocycles. The number of hydrogen-bond donors (Lipinski definition) is 3. The Labute approximate surface area is 541 Å². The number of benzene rings is 7. The van der Waals surface area contributed by atoms with Crippen LogP contribution in [0.5, 0.6) is 0 Å². The van der Waals surface area contributed by atoms with E-state index in [9.17, 15) is 13.2 Å². The summed E-state index contributed by atoms with van der Waals surface area (Å²) in [5.74, 6) is 0. The Balaban J connectivity index is 0.000000277. The summed E-state index contributed by atoms with van der Waals surface area (Å²) < 4.78 is 57.5. The van der Waals surface area contributed by atoms with E-state index in [1.807, 2.05) is 207 Å². The van der Waals surface area contributed by atoms with Crippen LogP contribution in [0.15, 0.2) is 286 Å². The number of rotatable bonds is 7. The van der Waals surface area contributed by atoms with Crippen LogP contribution in [0.1, 0.15) is 11.1 Å². The molecule has 12 rings (SSSR count). The molecule has 0 fully saturated rings. The fourth-order valence-corrected chi connectivity index (χ4v) is 7.64. The Hall–Kier alpha value is -8.79. The van der Waals surface area contributed by atoms with Gasteiger partial charge >= 0.3 is 15.6 Å². The maximum atomic E-state index is 10.7. The molecule has 0 atom stereocenters. The molecule has 3 N–H and O–H groups in total. The zero-order chi connectivity index (χ0) is 61.8. The first-order chi connectivity index (χ1) is 41.8. The first-order valence-electron chi connectivity index (χ1n) is 26.5. The third-order valence-electron chi connectivity index (χ3n) is 11.7. The summed E-state index contributed by atoms with van der Waals surface area (Å²) in [7, 11) is -3.84. The summed E-state index contributed by atoms with van der Waals surface area (Å²) in [5.41, 5.74) is 12.0. The molecule has 0 aliphatic carbocycles. The summed E-state index contributed by atoms with van der Waals surface area (Å²) in [6, 6.07) is 96.8. The number of pyridine rings is 5. The minimum atomic E-state index is -5.84. The van der Waals surface area contributed by atoms with E-state index in [4.69, 9.17) is 23.2 Å². The minimum Gasteiger partial charge on any atom is -0.400 e. The van der Waals surface area contributed by atoms with Crippen molar-refractivity contribution < 1.29 is 76.6 Å². The molecule has 0 spiro atoms. The van der Waals surface area contributed by atoms with E-state index < -0.39 is 15.6 Å². The van der Waals surface area contributed by atoms with Gasteiger partial charge in [0.05, 0.1) is 5.69 Å². The molecule has 0 bridgehead atoms. The van der Waals surface area contributed by atoms with Gasteiger partial charge in [-0.15, -0.1) is 144 Å². The second kappa shape index (κ2) is 40.6. The fraction of sp³-hybridized carbons (Fsp3) is 0.0694. The van der Waals surface area contributed by atoms with E-state index in [0.717, 1.165) is 70.5 Å². The number of aliphatic hydroxyl groups is 2. The molecule has 5 aromatic heterocycles. The molecule has 0 saturated heterocycles. The monoisotopic (exact) mass is 1550 g/mol.